The molecule has 1 atom stereocenters. The number of carbonyl (C=O) groups excluding carboxylic acids is 1. The molecule has 1 unspecified atom stereocenters. The van der Waals surface area contributed by atoms with Gasteiger partial charge >= 0.3 is 0 Å². The van der Waals surface area contributed by atoms with E-state index >= 15 is 0 Å². The summed E-state index contributed by atoms with van der Waals surface area (Å²) in [5, 5.41) is 0. The Labute approximate surface area is 111 Å². The van der Waals surface area contributed by atoms with Gasteiger partial charge in [0, 0.05) is 25.6 Å². The lowest BCUT2D eigenvalue weighted by molar-refractivity contribution is -0.123. The van der Waals surface area contributed by atoms with Gasteiger partial charge in [-0.1, -0.05) is 26.0 Å². The van der Waals surface area contributed by atoms with Crippen molar-refractivity contribution in [2.24, 2.45) is 23.5 Å². The first-order chi connectivity index (χ1) is 8.54. The minimum Gasteiger partial charge on any atom is -0.369 e. The fourth-order valence-corrected chi connectivity index (χ4v) is 2.69. The number of nitrogens with zero attached hydrogens (tertiary/aromatic N) is 1. The van der Waals surface area contributed by atoms with Crippen LogP contribution in [0.3, 0.4) is 0 Å². The van der Waals surface area contributed by atoms with Crippen molar-refractivity contribution in [3.05, 3.63) is 12.2 Å². The molecular weight excluding hydrogens is 224 g/mol. The second-order valence-electron chi connectivity index (χ2n) is 5.81. The van der Waals surface area contributed by atoms with Crippen LogP contribution in [-0.2, 0) is 4.79 Å². The van der Waals surface area contributed by atoms with E-state index in [2.05, 4.69) is 37.8 Å². The Balaban J connectivity index is 2.14. The molecular formula is C15H28N2O. The molecule has 0 saturated carbocycles. The van der Waals surface area contributed by atoms with Gasteiger partial charge in [-0.15, -0.1) is 0 Å². The lowest BCUT2D eigenvalue weighted by Gasteiger charge is -2.39. The van der Waals surface area contributed by atoms with Gasteiger partial charge in [-0.2, -0.15) is 0 Å². The molecule has 0 bridgehead atoms. The Hall–Kier alpha value is -0.830. The minimum atomic E-state index is -0.130. The monoisotopic (exact) mass is 252 g/mol. The summed E-state index contributed by atoms with van der Waals surface area (Å²) in [5.41, 5.74) is 5.43. The van der Waals surface area contributed by atoms with E-state index < -0.39 is 0 Å². The van der Waals surface area contributed by atoms with Crippen molar-refractivity contribution < 1.29 is 4.79 Å². The van der Waals surface area contributed by atoms with Gasteiger partial charge in [-0.3, -0.25) is 4.79 Å². The van der Waals surface area contributed by atoms with Crippen LogP contribution in [0.4, 0.5) is 0 Å². The molecule has 0 aliphatic carbocycles. The van der Waals surface area contributed by atoms with E-state index in [1.807, 2.05) is 0 Å². The summed E-state index contributed by atoms with van der Waals surface area (Å²) in [6.07, 6.45) is 7.58. The third kappa shape index (κ3) is 4.81. The zero-order valence-electron chi connectivity index (χ0n) is 12.1. The average molecular weight is 252 g/mol. The average Bonchev–Trinajstić information content (AvgIpc) is 2.23. The standard InChI is InChI=1S/C15H28N2O/c1-4-5-6-9-17-10-13(11-17)7-8-14(12(2)3)15(16)18/h4-5,12-14H,6-11H2,1-3H3,(H2,16,18)/b5-4-. The highest BCUT2D eigenvalue weighted by atomic mass is 16.1. The van der Waals surface area contributed by atoms with Crippen LogP contribution >= 0.6 is 0 Å². The molecule has 1 amide bonds. The summed E-state index contributed by atoms with van der Waals surface area (Å²) in [4.78, 5) is 13.8. The molecule has 104 valence electrons. The SMILES string of the molecule is C/C=C\CCN1CC(CCC(C(N)=O)C(C)C)C1. The maximum absolute atomic E-state index is 11.3. The molecule has 2 N–H and O–H groups in total. The van der Waals surface area contributed by atoms with Crippen molar-refractivity contribution in [1.82, 2.24) is 4.90 Å². The number of allylic oxidation sites excluding steroid dienone is 1. The molecule has 1 aliphatic rings. The van der Waals surface area contributed by atoms with Crippen molar-refractivity contribution in [1.29, 1.82) is 0 Å². The van der Waals surface area contributed by atoms with Crippen LogP contribution in [0.2, 0.25) is 0 Å². The third-order valence-corrected chi connectivity index (χ3v) is 3.94. The molecule has 1 rings (SSSR count). The highest BCUT2D eigenvalue weighted by Gasteiger charge is 2.28. The summed E-state index contributed by atoms with van der Waals surface area (Å²) in [7, 11) is 0. The molecule has 1 heterocycles. The predicted molar refractivity (Wildman–Crippen MR) is 76.1 cm³/mol. The van der Waals surface area contributed by atoms with Crippen molar-refractivity contribution in [3.63, 3.8) is 0 Å². The second kappa shape index (κ2) is 7.57. The summed E-state index contributed by atoms with van der Waals surface area (Å²) >= 11 is 0. The van der Waals surface area contributed by atoms with Gasteiger partial charge in [-0.25, -0.2) is 0 Å². The summed E-state index contributed by atoms with van der Waals surface area (Å²) in [5.74, 6) is 1.07. The Morgan fingerprint density at radius 1 is 1.44 bits per heavy atom. The van der Waals surface area contributed by atoms with E-state index in [0.29, 0.717) is 5.92 Å². The Bertz CT molecular complexity index is 280. The Morgan fingerprint density at radius 3 is 2.61 bits per heavy atom. The fourth-order valence-electron chi connectivity index (χ4n) is 2.69. The van der Waals surface area contributed by atoms with Gasteiger partial charge in [0.15, 0.2) is 0 Å². The van der Waals surface area contributed by atoms with E-state index in [1.165, 1.54) is 19.6 Å². The van der Waals surface area contributed by atoms with Crippen LogP contribution in [0.1, 0.15) is 40.0 Å². The van der Waals surface area contributed by atoms with Crippen LogP contribution in [0.25, 0.3) is 0 Å². The van der Waals surface area contributed by atoms with Crippen LogP contribution in [0, 0.1) is 17.8 Å². The predicted octanol–water partition coefficient (Wildman–Crippen LogP) is 2.42. The third-order valence-electron chi connectivity index (χ3n) is 3.94. The van der Waals surface area contributed by atoms with E-state index in [9.17, 15) is 4.79 Å². The van der Waals surface area contributed by atoms with Crippen LogP contribution in [-0.4, -0.2) is 30.4 Å². The summed E-state index contributed by atoms with van der Waals surface area (Å²) in [6.45, 7) is 9.79. The van der Waals surface area contributed by atoms with Gasteiger partial charge < -0.3 is 10.6 Å². The highest BCUT2D eigenvalue weighted by molar-refractivity contribution is 5.76. The van der Waals surface area contributed by atoms with E-state index in [0.717, 1.165) is 25.2 Å². The van der Waals surface area contributed by atoms with E-state index in [1.54, 1.807) is 0 Å². The number of likely N-dealkylation sites (tertiary alicyclic amines) is 1. The Morgan fingerprint density at radius 2 is 2.11 bits per heavy atom. The van der Waals surface area contributed by atoms with E-state index in [-0.39, 0.29) is 11.8 Å². The number of amides is 1. The molecule has 3 heteroatoms. The molecule has 0 spiro atoms. The molecule has 0 aromatic rings. The number of primary amides is 1. The van der Waals surface area contributed by atoms with E-state index in [4.69, 9.17) is 5.73 Å². The zero-order valence-corrected chi connectivity index (χ0v) is 12.1. The van der Waals surface area contributed by atoms with Gasteiger partial charge in [0.25, 0.3) is 0 Å². The van der Waals surface area contributed by atoms with Crippen molar-refractivity contribution >= 4 is 5.91 Å². The van der Waals surface area contributed by atoms with Gasteiger partial charge in [0.2, 0.25) is 5.91 Å². The quantitative estimate of drug-likeness (QED) is 0.674. The van der Waals surface area contributed by atoms with Crippen LogP contribution < -0.4 is 5.73 Å². The largest absolute Gasteiger partial charge is 0.369 e. The molecule has 18 heavy (non-hydrogen) atoms. The van der Waals surface area contributed by atoms with Crippen molar-refractivity contribution in [2.45, 2.75) is 40.0 Å². The normalized spacial score (nSPS) is 19.3. The first kappa shape index (κ1) is 15.2. The second-order valence-corrected chi connectivity index (χ2v) is 5.81. The Kier molecular flexibility index (Phi) is 6.41. The smallest absolute Gasteiger partial charge is 0.220 e. The lowest BCUT2D eigenvalue weighted by Crippen LogP contribution is -2.47. The fraction of sp³-hybridized carbons (Fsp3) is 0.800. The van der Waals surface area contributed by atoms with Gasteiger partial charge in [0.1, 0.15) is 0 Å². The molecule has 0 aromatic carbocycles. The number of carbonyl (C=O) groups is 1. The molecule has 0 radical (unpaired) electrons. The molecule has 0 aromatic heterocycles. The topological polar surface area (TPSA) is 46.3 Å². The number of nitrogens with two attached hydrogens (primary N) is 1. The maximum Gasteiger partial charge on any atom is 0.220 e. The van der Waals surface area contributed by atoms with Crippen LogP contribution in [0.15, 0.2) is 12.2 Å². The number of hydrogen-bond acceptors (Lipinski definition) is 2. The molecule has 1 fully saturated rings. The highest BCUT2D eigenvalue weighted by Crippen LogP contribution is 2.25. The molecule has 1 aliphatic heterocycles. The first-order valence-electron chi connectivity index (χ1n) is 7.17. The first-order valence-corrected chi connectivity index (χ1v) is 7.17. The minimum absolute atomic E-state index is 0.0575. The van der Waals surface area contributed by atoms with Crippen molar-refractivity contribution in [2.75, 3.05) is 19.6 Å². The molecule has 1 saturated heterocycles. The summed E-state index contributed by atoms with van der Waals surface area (Å²) < 4.78 is 0. The van der Waals surface area contributed by atoms with Crippen LogP contribution in [0.5, 0.6) is 0 Å². The van der Waals surface area contributed by atoms with Gasteiger partial charge in [0.05, 0.1) is 0 Å². The zero-order chi connectivity index (χ0) is 13.5. The summed E-state index contributed by atoms with van der Waals surface area (Å²) in [6, 6.07) is 0. The molecule has 3 nitrogen and oxygen atoms in total. The lowest BCUT2D eigenvalue weighted by atomic mass is 9.85. The number of rotatable bonds is 8. The van der Waals surface area contributed by atoms with Gasteiger partial charge in [-0.05, 0) is 38.0 Å². The number of hydrogen-bond donors (Lipinski definition) is 1. The maximum atomic E-state index is 11.3. The van der Waals surface area contributed by atoms with Crippen molar-refractivity contribution in [3.8, 4) is 0 Å².